The normalized spacial score (nSPS) is 25.9. The van der Waals surface area contributed by atoms with E-state index in [0.717, 1.165) is 32.2 Å². The van der Waals surface area contributed by atoms with Crippen LogP contribution in [0.15, 0.2) is 29.1 Å². The van der Waals surface area contributed by atoms with Crippen molar-refractivity contribution in [3.05, 3.63) is 51.7 Å². The Morgan fingerprint density at radius 3 is 2.90 bits per heavy atom. The number of carbonyl (C=O) groups excluding carboxylic acids is 1. The average Bonchev–Trinajstić information content (AvgIpc) is 3.38. The van der Waals surface area contributed by atoms with Crippen molar-refractivity contribution in [2.24, 2.45) is 11.3 Å². The molecule has 2 fully saturated rings. The summed E-state index contributed by atoms with van der Waals surface area (Å²) in [6.07, 6.45) is 5.09. The number of hydrogen-bond acceptors (Lipinski definition) is 4. The second-order valence-electron chi connectivity index (χ2n) is 9.51. The highest BCUT2D eigenvalue weighted by atomic mass is 16.2. The van der Waals surface area contributed by atoms with Crippen molar-refractivity contribution in [3.63, 3.8) is 0 Å². The lowest BCUT2D eigenvalue weighted by atomic mass is 9.69. The predicted molar refractivity (Wildman–Crippen MR) is 116 cm³/mol. The molecule has 1 amide bonds. The van der Waals surface area contributed by atoms with E-state index in [9.17, 15) is 9.59 Å². The van der Waals surface area contributed by atoms with Crippen LogP contribution in [0.5, 0.6) is 0 Å². The molecule has 0 aliphatic carbocycles. The van der Waals surface area contributed by atoms with Gasteiger partial charge in [0.15, 0.2) is 0 Å². The first-order valence-electron chi connectivity index (χ1n) is 11.1. The molecule has 0 unspecified atom stereocenters. The first-order chi connectivity index (χ1) is 14.4. The third-order valence-corrected chi connectivity index (χ3v) is 6.91. The van der Waals surface area contributed by atoms with Gasteiger partial charge in [-0.1, -0.05) is 43.7 Å². The van der Waals surface area contributed by atoms with Gasteiger partial charge >= 0.3 is 5.69 Å². The smallest absolute Gasteiger partial charge is 0.340 e. The summed E-state index contributed by atoms with van der Waals surface area (Å²) in [4.78, 5) is 30.0. The number of nitrogens with one attached hydrogen (secondary N) is 3. The molecule has 7 heteroatoms. The number of amides is 1. The van der Waals surface area contributed by atoms with Crippen LogP contribution in [0.25, 0.3) is 0 Å². The maximum absolute atomic E-state index is 13.5. The lowest BCUT2D eigenvalue weighted by Gasteiger charge is -2.37. The van der Waals surface area contributed by atoms with E-state index in [0.29, 0.717) is 17.8 Å². The Hall–Kier alpha value is -2.41. The minimum absolute atomic E-state index is 0.105. The molecule has 2 aliphatic rings. The Kier molecular flexibility index (Phi) is 5.82. The summed E-state index contributed by atoms with van der Waals surface area (Å²) in [5, 5.41) is 9.36. The van der Waals surface area contributed by atoms with Crippen LogP contribution in [0.2, 0.25) is 0 Å². The van der Waals surface area contributed by atoms with Gasteiger partial charge in [0.25, 0.3) is 0 Å². The number of hydrogen-bond donors (Lipinski definition) is 3. The molecule has 3 heterocycles. The van der Waals surface area contributed by atoms with Crippen molar-refractivity contribution in [1.82, 2.24) is 25.4 Å². The number of carbonyl (C=O) groups is 1. The molecule has 0 spiro atoms. The Bertz CT molecular complexity index is 949. The molecule has 1 aromatic carbocycles. The Labute approximate surface area is 177 Å². The van der Waals surface area contributed by atoms with E-state index in [1.165, 1.54) is 17.5 Å². The van der Waals surface area contributed by atoms with Crippen LogP contribution in [0.3, 0.4) is 0 Å². The molecule has 1 aromatic heterocycles. The maximum atomic E-state index is 13.5. The predicted octanol–water partition coefficient (Wildman–Crippen LogP) is 2.88. The van der Waals surface area contributed by atoms with Gasteiger partial charge in [0.1, 0.15) is 5.82 Å². The fraction of sp³-hybridized carbons (Fsp3) is 0.609. The van der Waals surface area contributed by atoms with E-state index < -0.39 is 0 Å². The maximum Gasteiger partial charge on any atom is 0.340 e. The molecule has 2 bridgehead atoms. The lowest BCUT2D eigenvalue weighted by Crippen LogP contribution is -2.49. The van der Waals surface area contributed by atoms with E-state index in [-0.39, 0.29) is 29.6 Å². The van der Waals surface area contributed by atoms with Crippen LogP contribution < -0.4 is 11.0 Å². The van der Waals surface area contributed by atoms with Crippen molar-refractivity contribution >= 4 is 5.91 Å². The number of H-pyrrole nitrogens is 2. The van der Waals surface area contributed by atoms with E-state index >= 15 is 0 Å². The fourth-order valence-corrected chi connectivity index (χ4v) is 5.47. The Morgan fingerprint density at radius 2 is 2.20 bits per heavy atom. The third kappa shape index (κ3) is 4.08. The second kappa shape index (κ2) is 8.38. The molecule has 162 valence electrons. The van der Waals surface area contributed by atoms with E-state index in [1.54, 1.807) is 0 Å². The van der Waals surface area contributed by atoms with E-state index in [2.05, 4.69) is 70.4 Å². The van der Waals surface area contributed by atoms with Crippen LogP contribution >= 0.6 is 0 Å². The first-order valence-corrected chi connectivity index (χ1v) is 11.1. The molecule has 2 aliphatic heterocycles. The number of aromatic amines is 2. The van der Waals surface area contributed by atoms with Crippen LogP contribution in [-0.4, -0.2) is 38.1 Å². The van der Waals surface area contributed by atoms with Crippen molar-refractivity contribution in [2.75, 3.05) is 0 Å². The SMILES string of the molecule is Cc1cccc(CN2[C@@H]3CC[C@H]2[C@@](CCC(C)C)(C(=O)NCc2n[nH]c(=O)[nH]2)C3)c1. The number of rotatable bonds is 8. The minimum Gasteiger partial charge on any atom is -0.348 e. The zero-order valence-electron chi connectivity index (χ0n) is 18.2. The number of nitrogens with zero attached hydrogens (tertiary/aromatic N) is 2. The zero-order valence-corrected chi connectivity index (χ0v) is 18.2. The molecule has 3 N–H and O–H groups in total. The number of aromatic nitrogens is 3. The molecular formula is C23H33N5O2. The highest BCUT2D eigenvalue weighted by Crippen LogP contribution is 2.53. The van der Waals surface area contributed by atoms with Gasteiger partial charge in [-0.25, -0.2) is 9.89 Å². The Morgan fingerprint density at radius 1 is 1.37 bits per heavy atom. The van der Waals surface area contributed by atoms with Gasteiger partial charge in [-0.2, -0.15) is 5.10 Å². The summed E-state index contributed by atoms with van der Waals surface area (Å²) in [7, 11) is 0. The molecule has 4 rings (SSSR count). The van der Waals surface area contributed by atoms with Gasteiger partial charge in [0, 0.05) is 18.6 Å². The van der Waals surface area contributed by atoms with Crippen LogP contribution in [0, 0.1) is 18.3 Å². The monoisotopic (exact) mass is 411 g/mol. The highest BCUT2D eigenvalue weighted by molar-refractivity contribution is 5.84. The third-order valence-electron chi connectivity index (χ3n) is 6.91. The number of benzene rings is 1. The summed E-state index contributed by atoms with van der Waals surface area (Å²) in [6, 6.07) is 9.41. The quantitative estimate of drug-likeness (QED) is 0.623. The largest absolute Gasteiger partial charge is 0.348 e. The van der Waals surface area contributed by atoms with Gasteiger partial charge in [-0.3, -0.25) is 14.7 Å². The zero-order chi connectivity index (χ0) is 21.3. The van der Waals surface area contributed by atoms with Crippen LogP contribution in [0.1, 0.15) is 62.9 Å². The molecule has 2 aromatic rings. The molecule has 3 atom stereocenters. The standard InChI is InChI=1S/C23H33N5O2/c1-15(2)9-10-23(21(29)24-13-20-25-22(30)27-26-20)12-18-7-8-19(23)28(18)14-17-6-4-5-16(3)11-17/h4-6,11,15,18-19H,7-10,12-14H2,1-3H3,(H,24,29)(H2,25,26,27,30)/t18-,19+,23+/m1/s1. The van der Waals surface area contributed by atoms with Crippen molar-refractivity contribution in [2.45, 2.75) is 78.0 Å². The molecule has 2 saturated heterocycles. The van der Waals surface area contributed by atoms with Gasteiger partial charge in [0.2, 0.25) is 5.91 Å². The summed E-state index contributed by atoms with van der Waals surface area (Å²) in [5.41, 5.74) is 1.88. The number of fused-ring (bicyclic) bond motifs is 2. The summed E-state index contributed by atoms with van der Waals surface area (Å²) in [5.74, 6) is 1.13. The van der Waals surface area contributed by atoms with E-state index in [4.69, 9.17) is 0 Å². The number of aryl methyl sites for hydroxylation is 1. The topological polar surface area (TPSA) is 93.9 Å². The average molecular weight is 412 g/mol. The van der Waals surface area contributed by atoms with Crippen LogP contribution in [0.4, 0.5) is 0 Å². The highest BCUT2D eigenvalue weighted by Gasteiger charge is 2.59. The lowest BCUT2D eigenvalue weighted by molar-refractivity contribution is -0.134. The summed E-state index contributed by atoms with van der Waals surface area (Å²) >= 11 is 0. The summed E-state index contributed by atoms with van der Waals surface area (Å²) < 4.78 is 0. The fourth-order valence-electron chi connectivity index (χ4n) is 5.47. The van der Waals surface area contributed by atoms with Crippen molar-refractivity contribution in [1.29, 1.82) is 0 Å². The van der Waals surface area contributed by atoms with Crippen molar-refractivity contribution < 1.29 is 4.79 Å². The van der Waals surface area contributed by atoms with Gasteiger partial charge < -0.3 is 5.32 Å². The van der Waals surface area contributed by atoms with Gasteiger partial charge in [-0.05, 0) is 50.5 Å². The molecule has 30 heavy (non-hydrogen) atoms. The van der Waals surface area contributed by atoms with Gasteiger partial charge in [-0.15, -0.1) is 0 Å². The summed E-state index contributed by atoms with van der Waals surface area (Å²) in [6.45, 7) is 7.72. The van der Waals surface area contributed by atoms with Crippen molar-refractivity contribution in [3.8, 4) is 0 Å². The first kappa shape index (κ1) is 20.8. The minimum atomic E-state index is -0.367. The van der Waals surface area contributed by atoms with Gasteiger partial charge in [0.05, 0.1) is 12.0 Å². The van der Waals surface area contributed by atoms with E-state index in [1.807, 2.05) is 0 Å². The van der Waals surface area contributed by atoms with Crippen LogP contribution in [-0.2, 0) is 17.9 Å². The molecular weight excluding hydrogens is 378 g/mol. The molecule has 0 radical (unpaired) electrons. The molecule has 0 saturated carbocycles. The molecule has 7 nitrogen and oxygen atoms in total. The Balaban J connectivity index is 1.53. The second-order valence-corrected chi connectivity index (χ2v) is 9.51.